The van der Waals surface area contributed by atoms with Crippen LogP contribution in [0.3, 0.4) is 0 Å². The normalized spacial score (nSPS) is 15.2. The Kier molecular flexibility index (Phi) is 11.1. The van der Waals surface area contributed by atoms with E-state index in [1.54, 1.807) is 14.0 Å². The van der Waals surface area contributed by atoms with Gasteiger partial charge in [-0.2, -0.15) is 0 Å². The number of rotatable bonds is 10. The quantitative estimate of drug-likeness (QED) is 0.116. The molecular formula is C33H41N3O4S3. The van der Waals surface area contributed by atoms with E-state index in [0.717, 1.165) is 41.1 Å². The molecule has 7 nitrogen and oxygen atoms in total. The predicted molar refractivity (Wildman–Crippen MR) is 183 cm³/mol. The van der Waals surface area contributed by atoms with Gasteiger partial charge in [0.1, 0.15) is 10.8 Å². The van der Waals surface area contributed by atoms with Gasteiger partial charge in [-0.05, 0) is 92.1 Å². The zero-order chi connectivity index (χ0) is 31.1. The number of benzene rings is 2. The van der Waals surface area contributed by atoms with Crippen LogP contribution in [0, 0.1) is 11.3 Å². The second kappa shape index (κ2) is 14.6. The first kappa shape index (κ1) is 32.8. The molecule has 1 heterocycles. The number of esters is 1. The first-order valence-corrected chi connectivity index (χ1v) is 16.7. The molecule has 0 fully saturated rings. The number of amides is 1. The van der Waals surface area contributed by atoms with E-state index in [9.17, 15) is 9.59 Å². The van der Waals surface area contributed by atoms with Crippen LogP contribution in [0.4, 0.5) is 16.4 Å². The minimum Gasteiger partial charge on any atom is -0.495 e. The number of carbonyl (C=O) groups is 2. The van der Waals surface area contributed by atoms with E-state index in [4.69, 9.17) is 21.7 Å². The maximum absolute atomic E-state index is 13.6. The fraction of sp³-hybridized carbons (Fsp3) is 0.424. The lowest BCUT2D eigenvalue weighted by Gasteiger charge is -2.33. The van der Waals surface area contributed by atoms with Crippen molar-refractivity contribution in [3.05, 3.63) is 64.5 Å². The van der Waals surface area contributed by atoms with E-state index < -0.39 is 0 Å². The Morgan fingerprint density at radius 1 is 1.09 bits per heavy atom. The third kappa shape index (κ3) is 8.31. The molecule has 1 aromatic heterocycles. The molecular weight excluding hydrogens is 599 g/mol. The molecule has 2 atom stereocenters. The van der Waals surface area contributed by atoms with E-state index in [1.807, 2.05) is 55.5 Å². The van der Waals surface area contributed by atoms with Crippen molar-refractivity contribution in [1.82, 2.24) is 0 Å². The van der Waals surface area contributed by atoms with Gasteiger partial charge < -0.3 is 25.4 Å². The minimum atomic E-state index is -0.360. The SMILES string of the molecule is CCOC(=O)c1c(NC(=O)C(CC)Sc2cccc(NC(=S)Nc3ccccc3OC)c2)sc2c1CCC(C(C)(C)C)C2. The second-order valence-corrected chi connectivity index (χ2v) is 14.3. The highest BCUT2D eigenvalue weighted by molar-refractivity contribution is 8.00. The van der Waals surface area contributed by atoms with Gasteiger partial charge in [0.05, 0.1) is 30.2 Å². The van der Waals surface area contributed by atoms with Gasteiger partial charge in [0.25, 0.3) is 0 Å². The van der Waals surface area contributed by atoms with Gasteiger partial charge in [-0.1, -0.05) is 45.9 Å². The molecule has 1 aliphatic rings. The molecule has 0 radical (unpaired) electrons. The molecule has 43 heavy (non-hydrogen) atoms. The molecule has 230 valence electrons. The van der Waals surface area contributed by atoms with Crippen LogP contribution in [-0.2, 0) is 22.4 Å². The number of para-hydroxylation sites is 2. The van der Waals surface area contributed by atoms with Crippen LogP contribution in [-0.4, -0.2) is 36.0 Å². The highest BCUT2D eigenvalue weighted by Gasteiger charge is 2.35. The van der Waals surface area contributed by atoms with Gasteiger partial charge >= 0.3 is 5.97 Å². The van der Waals surface area contributed by atoms with Crippen molar-refractivity contribution in [1.29, 1.82) is 0 Å². The fourth-order valence-electron chi connectivity index (χ4n) is 5.19. The molecule has 1 aliphatic carbocycles. The summed E-state index contributed by atoms with van der Waals surface area (Å²) in [7, 11) is 1.62. The number of nitrogens with one attached hydrogen (secondary N) is 3. The summed E-state index contributed by atoms with van der Waals surface area (Å²) in [5.41, 5.74) is 3.32. The largest absolute Gasteiger partial charge is 0.495 e. The van der Waals surface area contributed by atoms with Crippen molar-refractivity contribution in [2.24, 2.45) is 11.3 Å². The lowest BCUT2D eigenvalue weighted by atomic mass is 9.72. The van der Waals surface area contributed by atoms with Crippen molar-refractivity contribution in [3.63, 3.8) is 0 Å². The van der Waals surface area contributed by atoms with Gasteiger partial charge in [-0.15, -0.1) is 23.1 Å². The molecule has 1 amide bonds. The van der Waals surface area contributed by atoms with E-state index in [0.29, 0.717) is 33.8 Å². The van der Waals surface area contributed by atoms with Crippen LogP contribution in [0.2, 0.25) is 0 Å². The molecule has 0 saturated heterocycles. The molecule has 0 saturated carbocycles. The summed E-state index contributed by atoms with van der Waals surface area (Å²) in [6, 6.07) is 15.4. The molecule has 2 unspecified atom stereocenters. The van der Waals surface area contributed by atoms with Gasteiger partial charge in [0.15, 0.2) is 5.11 Å². The summed E-state index contributed by atoms with van der Waals surface area (Å²) in [5, 5.41) is 10.2. The summed E-state index contributed by atoms with van der Waals surface area (Å²) < 4.78 is 10.8. The van der Waals surface area contributed by atoms with Crippen LogP contribution < -0.4 is 20.7 Å². The zero-order valence-corrected chi connectivity index (χ0v) is 28.1. The van der Waals surface area contributed by atoms with E-state index >= 15 is 0 Å². The monoisotopic (exact) mass is 639 g/mol. The van der Waals surface area contributed by atoms with E-state index in [1.165, 1.54) is 28.0 Å². The highest BCUT2D eigenvalue weighted by Crippen LogP contribution is 2.45. The van der Waals surface area contributed by atoms with Gasteiger partial charge in [-0.3, -0.25) is 4.79 Å². The molecule has 0 aliphatic heterocycles. The third-order valence-corrected chi connectivity index (χ3v) is 10.3. The Morgan fingerprint density at radius 2 is 1.86 bits per heavy atom. The van der Waals surface area contributed by atoms with Gasteiger partial charge in [0.2, 0.25) is 5.91 Å². The molecule has 0 bridgehead atoms. The Bertz CT molecular complexity index is 1460. The lowest BCUT2D eigenvalue weighted by molar-refractivity contribution is -0.115. The number of ether oxygens (including phenoxy) is 2. The number of thioether (sulfide) groups is 1. The molecule has 2 aromatic carbocycles. The van der Waals surface area contributed by atoms with Crippen LogP contribution in [0.5, 0.6) is 5.75 Å². The lowest BCUT2D eigenvalue weighted by Crippen LogP contribution is -2.27. The summed E-state index contributed by atoms with van der Waals surface area (Å²) >= 11 is 8.54. The maximum atomic E-state index is 13.6. The number of thiocarbonyl (C=S) groups is 1. The second-order valence-electron chi connectivity index (χ2n) is 11.5. The molecule has 3 aromatic rings. The fourth-order valence-corrected chi connectivity index (χ4v) is 7.75. The number of hydrogen-bond acceptors (Lipinski definition) is 7. The number of fused-ring (bicyclic) bond motifs is 1. The van der Waals surface area contributed by atoms with E-state index in [2.05, 4.69) is 36.7 Å². The topological polar surface area (TPSA) is 88.7 Å². The zero-order valence-electron chi connectivity index (χ0n) is 25.7. The summed E-state index contributed by atoms with van der Waals surface area (Å²) in [4.78, 5) is 28.8. The molecule has 3 N–H and O–H groups in total. The average Bonchev–Trinajstić information content (AvgIpc) is 3.33. The van der Waals surface area contributed by atoms with Crippen LogP contribution in [0.25, 0.3) is 0 Å². The number of hydrogen-bond donors (Lipinski definition) is 3. The van der Waals surface area contributed by atoms with Crippen molar-refractivity contribution in [3.8, 4) is 5.75 Å². The van der Waals surface area contributed by atoms with Crippen molar-refractivity contribution in [2.75, 3.05) is 29.7 Å². The van der Waals surface area contributed by atoms with Crippen molar-refractivity contribution >= 4 is 68.7 Å². The number of methoxy groups -OCH3 is 1. The van der Waals surface area contributed by atoms with E-state index in [-0.39, 0.29) is 29.1 Å². The Labute approximate surface area is 268 Å². The summed E-state index contributed by atoms with van der Waals surface area (Å²) in [5.74, 6) is 0.729. The standard InChI is InChI=1S/C33H41N3O4S3/c1-7-26(42-22-13-11-12-21(19-22)34-32(41)35-24-14-9-10-15-25(24)39-6)29(37)36-30-28(31(38)40-8-2)23-17-16-20(33(3,4)5)18-27(23)43-30/h9-15,19-20,26H,7-8,16-18H2,1-6H3,(H,36,37)(H2,34,35,41). The van der Waals surface area contributed by atoms with Crippen LogP contribution >= 0.6 is 35.3 Å². The Balaban J connectivity index is 1.47. The number of thiophene rings is 1. The summed E-state index contributed by atoms with van der Waals surface area (Å²) in [6.07, 6.45) is 3.36. The predicted octanol–water partition coefficient (Wildman–Crippen LogP) is 8.40. The van der Waals surface area contributed by atoms with Crippen LogP contribution in [0.15, 0.2) is 53.4 Å². The number of carbonyl (C=O) groups excluding carboxylic acids is 2. The van der Waals surface area contributed by atoms with Crippen LogP contribution in [0.1, 0.15) is 68.3 Å². The molecule has 10 heteroatoms. The average molecular weight is 640 g/mol. The minimum absolute atomic E-state index is 0.129. The Hall–Kier alpha value is -3.08. The number of anilines is 3. The smallest absolute Gasteiger partial charge is 0.341 e. The molecule has 0 spiro atoms. The Morgan fingerprint density at radius 3 is 2.56 bits per heavy atom. The summed E-state index contributed by atoms with van der Waals surface area (Å²) in [6.45, 7) is 10.9. The highest BCUT2D eigenvalue weighted by atomic mass is 32.2. The first-order valence-electron chi connectivity index (χ1n) is 14.6. The van der Waals surface area contributed by atoms with Gasteiger partial charge in [0, 0.05) is 15.5 Å². The third-order valence-electron chi connectivity index (χ3n) is 7.59. The van der Waals surface area contributed by atoms with Crippen molar-refractivity contribution in [2.45, 2.75) is 70.4 Å². The van der Waals surface area contributed by atoms with Crippen molar-refractivity contribution < 1.29 is 19.1 Å². The first-order chi connectivity index (χ1) is 20.5. The molecule has 4 rings (SSSR count). The maximum Gasteiger partial charge on any atom is 0.341 e. The van der Waals surface area contributed by atoms with Gasteiger partial charge in [-0.25, -0.2) is 4.79 Å².